The summed E-state index contributed by atoms with van der Waals surface area (Å²) in [6.45, 7) is 8.42. The molecule has 0 atom stereocenters. The van der Waals surface area contributed by atoms with Crippen molar-refractivity contribution in [2.24, 2.45) is 0 Å². The van der Waals surface area contributed by atoms with Gasteiger partial charge in [-0.05, 0) is 71.0 Å². The minimum Gasteiger partial charge on any atom is -0.444 e. The number of amides is 3. The monoisotopic (exact) mass is 379 g/mol. The average Bonchev–Trinajstić information content (AvgIpc) is 2.61. The Bertz CT molecular complexity index is 554. The first-order valence-electron chi connectivity index (χ1n) is 9.34. The molecule has 1 saturated heterocycles. The SMILES string of the molecule is C1CCNCC1.CC(C)(C)OC(=O)NCCNC(=O)Nc1ccc(N)cc1. The maximum atomic E-state index is 11.6. The van der Waals surface area contributed by atoms with Gasteiger partial charge in [0.05, 0.1) is 0 Å². The summed E-state index contributed by atoms with van der Waals surface area (Å²) in [7, 11) is 0. The molecule has 0 bridgehead atoms. The lowest BCUT2D eigenvalue weighted by Gasteiger charge is -2.19. The van der Waals surface area contributed by atoms with E-state index in [2.05, 4.69) is 21.3 Å². The molecule has 1 aliphatic rings. The van der Waals surface area contributed by atoms with Crippen molar-refractivity contribution >= 4 is 23.5 Å². The van der Waals surface area contributed by atoms with Crippen LogP contribution in [-0.2, 0) is 4.74 Å². The molecule has 2 rings (SSSR count). The van der Waals surface area contributed by atoms with Crippen molar-refractivity contribution < 1.29 is 14.3 Å². The fourth-order valence-corrected chi connectivity index (χ4v) is 2.20. The van der Waals surface area contributed by atoms with E-state index in [4.69, 9.17) is 10.5 Å². The normalized spacial score (nSPS) is 13.6. The number of nitrogens with one attached hydrogen (secondary N) is 4. The third kappa shape index (κ3) is 12.5. The topological polar surface area (TPSA) is 118 Å². The van der Waals surface area contributed by atoms with E-state index < -0.39 is 11.7 Å². The summed E-state index contributed by atoms with van der Waals surface area (Å²) in [5, 5.41) is 11.1. The lowest BCUT2D eigenvalue weighted by Crippen LogP contribution is -2.39. The van der Waals surface area contributed by atoms with Gasteiger partial charge in [0.2, 0.25) is 0 Å². The highest BCUT2D eigenvalue weighted by Gasteiger charge is 2.15. The number of nitrogens with two attached hydrogens (primary N) is 1. The van der Waals surface area contributed by atoms with Gasteiger partial charge in [0.15, 0.2) is 0 Å². The zero-order chi connectivity index (χ0) is 20.1. The van der Waals surface area contributed by atoms with Gasteiger partial charge in [-0.15, -0.1) is 0 Å². The van der Waals surface area contributed by atoms with Gasteiger partial charge in [0, 0.05) is 24.5 Å². The van der Waals surface area contributed by atoms with Crippen LogP contribution < -0.4 is 27.0 Å². The van der Waals surface area contributed by atoms with Gasteiger partial charge < -0.3 is 31.7 Å². The number of carbonyl (C=O) groups excluding carboxylic acids is 2. The largest absolute Gasteiger partial charge is 0.444 e. The number of alkyl carbamates (subject to hydrolysis) is 1. The molecule has 0 spiro atoms. The van der Waals surface area contributed by atoms with Gasteiger partial charge in [-0.25, -0.2) is 9.59 Å². The fraction of sp³-hybridized carbons (Fsp3) is 0.579. The Morgan fingerprint density at radius 1 is 1.04 bits per heavy atom. The van der Waals surface area contributed by atoms with Gasteiger partial charge in [-0.3, -0.25) is 0 Å². The molecule has 1 aliphatic heterocycles. The maximum absolute atomic E-state index is 11.6. The third-order valence-electron chi connectivity index (χ3n) is 3.45. The Hall–Kier alpha value is -2.48. The van der Waals surface area contributed by atoms with Crippen LogP contribution in [0.15, 0.2) is 24.3 Å². The fourth-order valence-electron chi connectivity index (χ4n) is 2.20. The number of hydrogen-bond donors (Lipinski definition) is 5. The number of rotatable bonds is 4. The van der Waals surface area contributed by atoms with Crippen LogP contribution >= 0.6 is 0 Å². The Labute approximate surface area is 161 Å². The molecule has 1 heterocycles. The molecule has 1 aromatic carbocycles. The van der Waals surface area contributed by atoms with E-state index in [0.717, 1.165) is 0 Å². The molecule has 3 amide bonds. The number of urea groups is 1. The molecule has 8 heteroatoms. The molecule has 8 nitrogen and oxygen atoms in total. The summed E-state index contributed by atoms with van der Waals surface area (Å²) in [6.07, 6.45) is 3.70. The quantitative estimate of drug-likeness (QED) is 0.407. The first kappa shape index (κ1) is 22.6. The van der Waals surface area contributed by atoms with Crippen LogP contribution in [0.2, 0.25) is 0 Å². The number of anilines is 2. The molecule has 0 aliphatic carbocycles. The van der Waals surface area contributed by atoms with E-state index in [-0.39, 0.29) is 12.6 Å². The number of piperidine rings is 1. The Kier molecular flexibility index (Phi) is 10.0. The van der Waals surface area contributed by atoms with Crippen LogP contribution in [0.1, 0.15) is 40.0 Å². The highest BCUT2D eigenvalue weighted by atomic mass is 16.6. The van der Waals surface area contributed by atoms with Crippen LogP contribution in [0, 0.1) is 0 Å². The van der Waals surface area contributed by atoms with Crippen molar-refractivity contribution in [3.8, 4) is 0 Å². The van der Waals surface area contributed by atoms with Crippen LogP contribution in [0.5, 0.6) is 0 Å². The number of hydrogen-bond acceptors (Lipinski definition) is 5. The molecule has 1 fully saturated rings. The van der Waals surface area contributed by atoms with Crippen molar-refractivity contribution in [3.05, 3.63) is 24.3 Å². The predicted molar refractivity (Wildman–Crippen MR) is 109 cm³/mol. The second kappa shape index (κ2) is 12.0. The zero-order valence-electron chi connectivity index (χ0n) is 16.6. The second-order valence-electron chi connectivity index (χ2n) is 7.24. The second-order valence-corrected chi connectivity index (χ2v) is 7.24. The van der Waals surface area contributed by atoms with Crippen molar-refractivity contribution in [1.29, 1.82) is 0 Å². The number of benzene rings is 1. The standard InChI is InChI=1S/C14H22N4O3.C5H11N/c1-14(2,3)21-13(20)17-9-8-16-12(19)18-11-6-4-10(15)5-7-11;1-2-4-6-5-3-1/h4-7H,8-9,15H2,1-3H3,(H,17,20)(H2,16,18,19);6H,1-5H2. The summed E-state index contributed by atoms with van der Waals surface area (Å²) in [4.78, 5) is 22.9. The van der Waals surface area contributed by atoms with Gasteiger partial charge in [-0.1, -0.05) is 6.42 Å². The highest BCUT2D eigenvalue weighted by molar-refractivity contribution is 5.89. The van der Waals surface area contributed by atoms with Gasteiger partial charge >= 0.3 is 12.1 Å². The molecule has 27 heavy (non-hydrogen) atoms. The number of nitrogen functional groups attached to an aromatic ring is 1. The highest BCUT2D eigenvalue weighted by Crippen LogP contribution is 2.10. The summed E-state index contributed by atoms with van der Waals surface area (Å²) >= 11 is 0. The first-order chi connectivity index (χ1) is 12.8. The summed E-state index contributed by atoms with van der Waals surface area (Å²) < 4.78 is 5.06. The van der Waals surface area contributed by atoms with E-state index in [1.165, 1.54) is 32.4 Å². The smallest absolute Gasteiger partial charge is 0.407 e. The number of ether oxygens (including phenoxy) is 1. The molecule has 0 saturated carbocycles. The summed E-state index contributed by atoms with van der Waals surface area (Å²) in [5.41, 5.74) is 6.28. The Morgan fingerprint density at radius 3 is 2.11 bits per heavy atom. The molecule has 152 valence electrons. The number of carbonyl (C=O) groups is 2. The van der Waals surface area contributed by atoms with E-state index >= 15 is 0 Å². The van der Waals surface area contributed by atoms with Crippen molar-refractivity contribution in [1.82, 2.24) is 16.0 Å². The zero-order valence-corrected chi connectivity index (χ0v) is 16.6. The molecule has 0 radical (unpaired) electrons. The van der Waals surface area contributed by atoms with Crippen LogP contribution in [0.4, 0.5) is 21.0 Å². The van der Waals surface area contributed by atoms with Crippen molar-refractivity contribution in [2.45, 2.75) is 45.6 Å². The first-order valence-corrected chi connectivity index (χ1v) is 9.34. The Balaban J connectivity index is 0.000000511. The minimum absolute atomic E-state index is 0.282. The Morgan fingerprint density at radius 2 is 1.63 bits per heavy atom. The van der Waals surface area contributed by atoms with Gasteiger partial charge in [0.25, 0.3) is 0 Å². The summed E-state index contributed by atoms with van der Waals surface area (Å²) in [5.74, 6) is 0. The van der Waals surface area contributed by atoms with Crippen LogP contribution in [0.3, 0.4) is 0 Å². The van der Waals surface area contributed by atoms with E-state index in [0.29, 0.717) is 17.9 Å². The van der Waals surface area contributed by atoms with E-state index in [1.54, 1.807) is 45.0 Å². The molecule has 0 aromatic heterocycles. The van der Waals surface area contributed by atoms with Gasteiger partial charge in [-0.2, -0.15) is 0 Å². The van der Waals surface area contributed by atoms with E-state index in [9.17, 15) is 9.59 Å². The molecular formula is C19H33N5O3. The minimum atomic E-state index is -0.538. The summed E-state index contributed by atoms with van der Waals surface area (Å²) in [6, 6.07) is 6.44. The van der Waals surface area contributed by atoms with Gasteiger partial charge in [0.1, 0.15) is 5.60 Å². The molecule has 1 aromatic rings. The average molecular weight is 380 g/mol. The van der Waals surface area contributed by atoms with Crippen molar-refractivity contribution in [3.63, 3.8) is 0 Å². The molecular weight excluding hydrogens is 346 g/mol. The third-order valence-corrected chi connectivity index (χ3v) is 3.45. The molecule has 6 N–H and O–H groups in total. The van der Waals surface area contributed by atoms with E-state index in [1.807, 2.05) is 0 Å². The lowest BCUT2D eigenvalue weighted by atomic mass is 10.2. The predicted octanol–water partition coefficient (Wildman–Crippen LogP) is 2.67. The van der Waals surface area contributed by atoms with Crippen LogP contribution in [0.25, 0.3) is 0 Å². The van der Waals surface area contributed by atoms with Crippen LogP contribution in [-0.4, -0.2) is 43.9 Å². The lowest BCUT2D eigenvalue weighted by molar-refractivity contribution is 0.0528. The molecule has 0 unspecified atom stereocenters. The van der Waals surface area contributed by atoms with Crippen molar-refractivity contribution in [2.75, 3.05) is 37.2 Å². The maximum Gasteiger partial charge on any atom is 0.407 e.